The number of carbonyl (C=O) groups is 1. The average Bonchev–Trinajstić information content (AvgIpc) is 2.57. The summed E-state index contributed by atoms with van der Waals surface area (Å²) in [5.41, 5.74) is 6.29. The average molecular weight is 410 g/mol. The van der Waals surface area contributed by atoms with Crippen molar-refractivity contribution in [1.82, 2.24) is 5.43 Å². The SMILES string of the molecule is Cc1ccc(/C=N/NC(=O)COc2cc(C)c(Cl)c(C)c2Br)cc1. The van der Waals surface area contributed by atoms with E-state index in [-0.39, 0.29) is 12.5 Å². The van der Waals surface area contributed by atoms with Crippen molar-refractivity contribution in [2.24, 2.45) is 5.10 Å². The minimum Gasteiger partial charge on any atom is -0.483 e. The van der Waals surface area contributed by atoms with Gasteiger partial charge in [0.1, 0.15) is 5.75 Å². The summed E-state index contributed by atoms with van der Waals surface area (Å²) in [5, 5.41) is 4.60. The number of nitrogens with one attached hydrogen (secondary N) is 1. The van der Waals surface area contributed by atoms with Crippen LogP contribution < -0.4 is 10.2 Å². The van der Waals surface area contributed by atoms with Gasteiger partial charge in [-0.3, -0.25) is 4.79 Å². The highest BCUT2D eigenvalue weighted by molar-refractivity contribution is 9.10. The van der Waals surface area contributed by atoms with Crippen LogP contribution in [0.15, 0.2) is 39.9 Å². The highest BCUT2D eigenvalue weighted by Crippen LogP contribution is 2.35. The van der Waals surface area contributed by atoms with E-state index in [1.165, 1.54) is 5.56 Å². The Morgan fingerprint density at radius 2 is 1.96 bits per heavy atom. The zero-order valence-corrected chi connectivity index (χ0v) is 16.0. The first-order chi connectivity index (χ1) is 11.4. The fraction of sp³-hybridized carbons (Fsp3) is 0.222. The van der Waals surface area contributed by atoms with Crippen LogP contribution in [0, 0.1) is 20.8 Å². The smallest absolute Gasteiger partial charge is 0.277 e. The van der Waals surface area contributed by atoms with Crippen molar-refractivity contribution in [3.05, 3.63) is 62.1 Å². The summed E-state index contributed by atoms with van der Waals surface area (Å²) in [6, 6.07) is 9.61. The van der Waals surface area contributed by atoms with Gasteiger partial charge in [0.25, 0.3) is 5.91 Å². The van der Waals surface area contributed by atoms with Crippen LogP contribution in [-0.4, -0.2) is 18.7 Å². The van der Waals surface area contributed by atoms with E-state index in [9.17, 15) is 4.79 Å². The van der Waals surface area contributed by atoms with Crippen LogP contribution in [0.5, 0.6) is 5.75 Å². The predicted octanol–water partition coefficient (Wildman–Crippen LogP) is 4.56. The summed E-state index contributed by atoms with van der Waals surface area (Å²) < 4.78 is 6.29. The van der Waals surface area contributed by atoms with Gasteiger partial charge in [0.2, 0.25) is 0 Å². The minimum absolute atomic E-state index is 0.135. The van der Waals surface area contributed by atoms with Crippen LogP contribution in [0.4, 0.5) is 0 Å². The molecule has 2 aromatic rings. The summed E-state index contributed by atoms with van der Waals surface area (Å²) in [7, 11) is 0. The second-order valence-electron chi connectivity index (χ2n) is 5.44. The fourth-order valence-corrected chi connectivity index (χ4v) is 2.70. The van der Waals surface area contributed by atoms with Gasteiger partial charge in [0, 0.05) is 5.02 Å². The van der Waals surface area contributed by atoms with Gasteiger partial charge in [0.15, 0.2) is 6.61 Å². The van der Waals surface area contributed by atoms with Gasteiger partial charge in [-0.1, -0.05) is 41.4 Å². The van der Waals surface area contributed by atoms with Gasteiger partial charge >= 0.3 is 0 Å². The Morgan fingerprint density at radius 1 is 1.29 bits per heavy atom. The monoisotopic (exact) mass is 408 g/mol. The molecule has 0 aromatic heterocycles. The third kappa shape index (κ3) is 4.82. The molecule has 0 heterocycles. The first kappa shape index (κ1) is 18.5. The third-order valence-corrected chi connectivity index (χ3v) is 4.97. The van der Waals surface area contributed by atoms with E-state index in [4.69, 9.17) is 16.3 Å². The molecule has 2 aromatic carbocycles. The fourth-order valence-electron chi connectivity index (χ4n) is 2.01. The van der Waals surface area contributed by atoms with E-state index in [0.717, 1.165) is 21.2 Å². The zero-order valence-electron chi connectivity index (χ0n) is 13.7. The molecule has 2 rings (SSSR count). The lowest BCUT2D eigenvalue weighted by Crippen LogP contribution is -2.24. The summed E-state index contributed by atoms with van der Waals surface area (Å²) >= 11 is 9.60. The molecule has 24 heavy (non-hydrogen) atoms. The van der Waals surface area contributed by atoms with Crippen LogP contribution >= 0.6 is 27.5 Å². The maximum Gasteiger partial charge on any atom is 0.277 e. The van der Waals surface area contributed by atoms with Gasteiger partial charge in [0.05, 0.1) is 10.7 Å². The first-order valence-electron chi connectivity index (χ1n) is 7.35. The number of carbonyl (C=O) groups excluding carboxylic acids is 1. The maximum atomic E-state index is 11.8. The predicted molar refractivity (Wildman–Crippen MR) is 101 cm³/mol. The molecule has 0 bridgehead atoms. The molecule has 0 saturated heterocycles. The summed E-state index contributed by atoms with van der Waals surface area (Å²) in [5.74, 6) is 0.239. The number of ether oxygens (including phenoxy) is 1. The molecule has 0 spiro atoms. The normalized spacial score (nSPS) is 10.9. The van der Waals surface area contributed by atoms with Crippen LogP contribution in [0.3, 0.4) is 0 Å². The minimum atomic E-state index is -0.337. The molecule has 126 valence electrons. The van der Waals surface area contributed by atoms with Crippen molar-refractivity contribution in [3.63, 3.8) is 0 Å². The van der Waals surface area contributed by atoms with E-state index in [2.05, 4.69) is 26.5 Å². The van der Waals surface area contributed by atoms with Gasteiger partial charge < -0.3 is 4.74 Å². The van der Waals surface area contributed by atoms with Crippen molar-refractivity contribution in [1.29, 1.82) is 0 Å². The van der Waals surface area contributed by atoms with Crippen LogP contribution in [0.1, 0.15) is 22.3 Å². The van der Waals surface area contributed by atoms with E-state index in [1.54, 1.807) is 12.3 Å². The Morgan fingerprint density at radius 3 is 2.62 bits per heavy atom. The molecule has 0 fully saturated rings. The van der Waals surface area contributed by atoms with Crippen molar-refractivity contribution in [2.75, 3.05) is 6.61 Å². The Balaban J connectivity index is 1.91. The molecular formula is C18H18BrClN2O2. The van der Waals surface area contributed by atoms with Crippen molar-refractivity contribution < 1.29 is 9.53 Å². The number of hydrogen-bond donors (Lipinski definition) is 1. The topological polar surface area (TPSA) is 50.7 Å². The number of rotatable bonds is 5. The number of hydrogen-bond acceptors (Lipinski definition) is 3. The van der Waals surface area contributed by atoms with Crippen LogP contribution in [0.25, 0.3) is 0 Å². The Bertz CT molecular complexity index is 774. The first-order valence-corrected chi connectivity index (χ1v) is 8.52. The summed E-state index contributed by atoms with van der Waals surface area (Å²) in [4.78, 5) is 11.8. The molecule has 0 atom stereocenters. The maximum absolute atomic E-state index is 11.8. The highest BCUT2D eigenvalue weighted by atomic mass is 79.9. The molecule has 0 aliphatic rings. The molecule has 0 radical (unpaired) electrons. The second-order valence-corrected chi connectivity index (χ2v) is 6.61. The zero-order chi connectivity index (χ0) is 17.7. The van der Waals surface area contributed by atoms with E-state index in [0.29, 0.717) is 10.8 Å². The Kier molecular flexibility index (Phi) is 6.40. The lowest BCUT2D eigenvalue weighted by atomic mass is 10.1. The number of nitrogens with zero attached hydrogens (tertiary/aromatic N) is 1. The van der Waals surface area contributed by atoms with Crippen molar-refractivity contribution in [3.8, 4) is 5.75 Å². The molecule has 1 amide bonds. The second kappa shape index (κ2) is 8.31. The third-order valence-electron chi connectivity index (χ3n) is 3.41. The lowest BCUT2D eigenvalue weighted by molar-refractivity contribution is -0.123. The van der Waals surface area contributed by atoms with Gasteiger partial charge in [-0.15, -0.1) is 0 Å². The Hall–Kier alpha value is -1.85. The number of aryl methyl sites for hydroxylation is 2. The molecule has 6 heteroatoms. The molecule has 4 nitrogen and oxygen atoms in total. The van der Waals surface area contributed by atoms with Crippen LogP contribution in [-0.2, 0) is 4.79 Å². The van der Waals surface area contributed by atoms with E-state index in [1.807, 2.05) is 45.0 Å². The molecule has 1 N–H and O–H groups in total. The quantitative estimate of drug-likeness (QED) is 0.581. The number of halogens is 2. The van der Waals surface area contributed by atoms with Crippen LogP contribution in [0.2, 0.25) is 5.02 Å². The van der Waals surface area contributed by atoms with Crippen molar-refractivity contribution >= 4 is 39.7 Å². The molecule has 0 unspecified atom stereocenters. The van der Waals surface area contributed by atoms with Gasteiger partial charge in [-0.25, -0.2) is 5.43 Å². The molecule has 0 saturated carbocycles. The van der Waals surface area contributed by atoms with Crippen molar-refractivity contribution in [2.45, 2.75) is 20.8 Å². The lowest BCUT2D eigenvalue weighted by Gasteiger charge is -2.12. The van der Waals surface area contributed by atoms with E-state index >= 15 is 0 Å². The molecule has 0 aliphatic heterocycles. The standard InChI is InChI=1S/C18H18BrClN2O2/c1-11-4-6-14(7-5-11)9-21-22-16(23)10-24-15-8-12(2)18(20)13(3)17(15)19/h4-9H,10H2,1-3H3,(H,22,23)/b21-9+. The number of benzene rings is 2. The number of hydrazone groups is 1. The summed E-state index contributed by atoms with van der Waals surface area (Å²) in [6.45, 7) is 5.65. The number of amides is 1. The highest BCUT2D eigenvalue weighted by Gasteiger charge is 2.12. The van der Waals surface area contributed by atoms with E-state index < -0.39 is 0 Å². The largest absolute Gasteiger partial charge is 0.483 e. The molecular weight excluding hydrogens is 392 g/mol. The summed E-state index contributed by atoms with van der Waals surface area (Å²) in [6.07, 6.45) is 1.59. The van der Waals surface area contributed by atoms with Gasteiger partial charge in [-0.05, 0) is 59.5 Å². The van der Waals surface area contributed by atoms with Gasteiger partial charge in [-0.2, -0.15) is 5.10 Å². The molecule has 0 aliphatic carbocycles. The Labute approximate surface area is 155 Å².